The van der Waals surface area contributed by atoms with Crippen LogP contribution < -0.4 is 5.32 Å². The molecule has 0 aromatic heterocycles. The number of benzene rings is 1. The molecule has 2 atom stereocenters. The quantitative estimate of drug-likeness (QED) is 0.900. The van der Waals surface area contributed by atoms with E-state index >= 15 is 0 Å². The van der Waals surface area contributed by atoms with Crippen LogP contribution in [0.4, 0.5) is 4.39 Å². The van der Waals surface area contributed by atoms with Crippen molar-refractivity contribution in [3.05, 3.63) is 35.6 Å². The number of thioether (sulfide) groups is 1. The van der Waals surface area contributed by atoms with Gasteiger partial charge in [-0.1, -0.05) is 18.2 Å². The fraction of sp³-hybridized carbons (Fsp3) is 0.500. The van der Waals surface area contributed by atoms with Crippen LogP contribution in [0.15, 0.2) is 24.3 Å². The van der Waals surface area contributed by atoms with Crippen molar-refractivity contribution >= 4 is 17.7 Å². The van der Waals surface area contributed by atoms with E-state index in [1.807, 2.05) is 13.2 Å². The lowest BCUT2D eigenvalue weighted by atomic mass is 10.1. The Labute approximate surface area is 117 Å². The van der Waals surface area contributed by atoms with E-state index in [2.05, 4.69) is 5.32 Å². The van der Waals surface area contributed by atoms with Crippen molar-refractivity contribution < 1.29 is 9.18 Å². The summed E-state index contributed by atoms with van der Waals surface area (Å²) in [6.07, 6.45) is 2.62. The van der Waals surface area contributed by atoms with Crippen molar-refractivity contribution in [1.29, 1.82) is 0 Å². The van der Waals surface area contributed by atoms with Gasteiger partial charge < -0.3 is 4.90 Å². The maximum absolute atomic E-state index is 13.9. The molecule has 0 bridgehead atoms. The van der Waals surface area contributed by atoms with E-state index in [-0.39, 0.29) is 30.5 Å². The van der Waals surface area contributed by atoms with Crippen LogP contribution in [0.25, 0.3) is 0 Å². The molecule has 0 radical (unpaired) electrons. The van der Waals surface area contributed by atoms with Crippen molar-refractivity contribution in [2.45, 2.75) is 25.6 Å². The molecular formula is C14H19FN2OS. The highest BCUT2D eigenvalue weighted by Gasteiger charge is 2.35. The average molecular weight is 282 g/mol. The zero-order chi connectivity index (χ0) is 13.8. The lowest BCUT2D eigenvalue weighted by molar-refractivity contribution is -0.130. The summed E-state index contributed by atoms with van der Waals surface area (Å²) >= 11 is 1.76. The summed E-state index contributed by atoms with van der Waals surface area (Å²) in [6.45, 7) is 2.30. The van der Waals surface area contributed by atoms with E-state index in [1.54, 1.807) is 34.9 Å². The number of halogens is 1. The number of carbonyl (C=O) groups is 1. The molecule has 1 N–H and O–H groups in total. The molecule has 1 aromatic rings. The van der Waals surface area contributed by atoms with Gasteiger partial charge in [0, 0.05) is 11.6 Å². The first-order chi connectivity index (χ1) is 9.15. The number of nitrogens with zero attached hydrogens (tertiary/aromatic N) is 1. The Bertz CT molecular complexity index is 455. The Morgan fingerprint density at radius 3 is 2.95 bits per heavy atom. The molecule has 1 aliphatic heterocycles. The van der Waals surface area contributed by atoms with Crippen LogP contribution in [0.1, 0.15) is 25.1 Å². The third-order valence-corrected chi connectivity index (χ3v) is 4.07. The predicted octanol–water partition coefficient (Wildman–Crippen LogP) is 2.40. The molecular weight excluding hydrogens is 263 g/mol. The van der Waals surface area contributed by atoms with E-state index in [0.29, 0.717) is 5.56 Å². The van der Waals surface area contributed by atoms with Crippen LogP contribution in [0, 0.1) is 5.82 Å². The number of rotatable bonds is 5. The number of carbonyl (C=O) groups excluding carboxylic acids is 1. The van der Waals surface area contributed by atoms with E-state index < -0.39 is 0 Å². The highest BCUT2D eigenvalue weighted by Crippen LogP contribution is 2.27. The second kappa shape index (κ2) is 6.39. The lowest BCUT2D eigenvalue weighted by Gasteiger charge is -2.30. The van der Waals surface area contributed by atoms with Crippen molar-refractivity contribution in [3.63, 3.8) is 0 Å². The van der Waals surface area contributed by atoms with E-state index in [4.69, 9.17) is 0 Å². The van der Waals surface area contributed by atoms with Gasteiger partial charge in [-0.2, -0.15) is 11.8 Å². The van der Waals surface area contributed by atoms with Gasteiger partial charge in [-0.05, 0) is 31.4 Å². The minimum atomic E-state index is -0.342. The predicted molar refractivity (Wildman–Crippen MR) is 76.5 cm³/mol. The van der Waals surface area contributed by atoms with Gasteiger partial charge in [-0.25, -0.2) is 4.39 Å². The molecule has 19 heavy (non-hydrogen) atoms. The molecule has 5 heteroatoms. The number of hydrogen-bond donors (Lipinski definition) is 1. The van der Waals surface area contributed by atoms with Gasteiger partial charge in [-0.15, -0.1) is 0 Å². The van der Waals surface area contributed by atoms with Gasteiger partial charge in [-0.3, -0.25) is 10.1 Å². The van der Waals surface area contributed by atoms with E-state index in [9.17, 15) is 9.18 Å². The maximum Gasteiger partial charge on any atom is 0.238 e. The van der Waals surface area contributed by atoms with Gasteiger partial charge in [0.05, 0.1) is 6.54 Å². The summed E-state index contributed by atoms with van der Waals surface area (Å²) < 4.78 is 13.9. The van der Waals surface area contributed by atoms with Crippen LogP contribution in [0.3, 0.4) is 0 Å². The largest absolute Gasteiger partial charge is 0.319 e. The highest BCUT2D eigenvalue weighted by atomic mass is 32.2. The van der Waals surface area contributed by atoms with Gasteiger partial charge in [0.25, 0.3) is 0 Å². The Morgan fingerprint density at radius 1 is 1.53 bits per heavy atom. The summed E-state index contributed by atoms with van der Waals surface area (Å²) in [4.78, 5) is 13.8. The molecule has 2 rings (SSSR count). The molecule has 0 aliphatic carbocycles. The smallest absolute Gasteiger partial charge is 0.238 e. The molecule has 104 valence electrons. The fourth-order valence-electron chi connectivity index (χ4n) is 2.40. The number of amides is 1. The minimum Gasteiger partial charge on any atom is -0.319 e. The summed E-state index contributed by atoms with van der Waals surface area (Å²) in [5.41, 5.74) is 0.546. The summed E-state index contributed by atoms with van der Waals surface area (Å²) in [6, 6.07) is 6.74. The average Bonchev–Trinajstić information content (AvgIpc) is 2.78. The topological polar surface area (TPSA) is 32.3 Å². The van der Waals surface area contributed by atoms with Crippen LogP contribution in [0.5, 0.6) is 0 Å². The van der Waals surface area contributed by atoms with Gasteiger partial charge in [0.1, 0.15) is 12.0 Å². The van der Waals surface area contributed by atoms with Gasteiger partial charge in [0.2, 0.25) is 5.91 Å². The Morgan fingerprint density at radius 2 is 2.26 bits per heavy atom. The molecule has 2 unspecified atom stereocenters. The second-order valence-corrected chi connectivity index (χ2v) is 5.72. The van der Waals surface area contributed by atoms with Crippen molar-refractivity contribution in [3.8, 4) is 0 Å². The second-order valence-electron chi connectivity index (χ2n) is 4.74. The molecule has 1 fully saturated rings. The van der Waals surface area contributed by atoms with Crippen molar-refractivity contribution in [2.75, 3.05) is 18.6 Å². The Hall–Kier alpha value is -1.07. The van der Waals surface area contributed by atoms with Crippen LogP contribution in [-0.2, 0) is 4.79 Å². The molecule has 0 spiro atoms. The molecule has 0 saturated carbocycles. The summed E-state index contributed by atoms with van der Waals surface area (Å²) in [5, 5.41) is 3.10. The third kappa shape index (κ3) is 3.09. The standard InChI is InChI=1S/C14H19FN2OS/c1-10(7-8-19-2)17-13(18)9-16-14(17)11-5-3-4-6-12(11)15/h3-6,10,14,16H,7-9H2,1-2H3. The van der Waals surface area contributed by atoms with Crippen molar-refractivity contribution in [2.24, 2.45) is 0 Å². The molecule has 1 heterocycles. The summed E-state index contributed by atoms with van der Waals surface area (Å²) in [5.74, 6) is 0.771. The zero-order valence-electron chi connectivity index (χ0n) is 11.2. The summed E-state index contributed by atoms with van der Waals surface area (Å²) in [7, 11) is 0. The fourth-order valence-corrected chi connectivity index (χ4v) is 2.98. The SMILES string of the molecule is CSCCC(C)N1C(=O)CNC1c1ccccc1F. The van der Waals surface area contributed by atoms with Crippen LogP contribution in [-0.4, -0.2) is 35.4 Å². The Balaban J connectivity index is 2.20. The molecule has 3 nitrogen and oxygen atoms in total. The van der Waals surface area contributed by atoms with Gasteiger partial charge >= 0.3 is 0 Å². The lowest BCUT2D eigenvalue weighted by Crippen LogP contribution is -2.38. The van der Waals surface area contributed by atoms with Gasteiger partial charge in [0.15, 0.2) is 0 Å². The van der Waals surface area contributed by atoms with Crippen LogP contribution in [0.2, 0.25) is 0 Å². The monoisotopic (exact) mass is 282 g/mol. The number of hydrogen-bond acceptors (Lipinski definition) is 3. The maximum atomic E-state index is 13.9. The zero-order valence-corrected chi connectivity index (χ0v) is 12.0. The molecule has 1 aromatic carbocycles. The third-order valence-electron chi connectivity index (χ3n) is 3.43. The Kier molecular flexibility index (Phi) is 4.82. The van der Waals surface area contributed by atoms with Crippen LogP contribution >= 0.6 is 11.8 Å². The van der Waals surface area contributed by atoms with E-state index in [0.717, 1.165) is 12.2 Å². The first-order valence-corrected chi connectivity index (χ1v) is 7.82. The van der Waals surface area contributed by atoms with E-state index in [1.165, 1.54) is 6.07 Å². The molecule has 1 amide bonds. The minimum absolute atomic E-state index is 0.0434. The normalized spacial score (nSPS) is 20.9. The van der Waals surface area contributed by atoms with Crippen molar-refractivity contribution in [1.82, 2.24) is 10.2 Å². The first kappa shape index (κ1) is 14.3. The molecule has 1 saturated heterocycles. The molecule has 1 aliphatic rings. The highest BCUT2D eigenvalue weighted by molar-refractivity contribution is 7.98. The first-order valence-electron chi connectivity index (χ1n) is 6.43. The number of nitrogens with one attached hydrogen (secondary N) is 1.